The number of aliphatic hydroxyl groups excluding tert-OH is 1. The summed E-state index contributed by atoms with van der Waals surface area (Å²) in [6.07, 6.45) is -0.716. The first kappa shape index (κ1) is 26.8. The average molecular weight is 506 g/mol. The first-order valence-corrected chi connectivity index (χ1v) is 12.0. The van der Waals surface area contributed by atoms with E-state index in [2.05, 4.69) is 5.32 Å². The van der Waals surface area contributed by atoms with Gasteiger partial charge in [0, 0.05) is 36.5 Å². The maximum Gasteiger partial charge on any atom is 0.163 e. The molecule has 0 amide bonds. The van der Waals surface area contributed by atoms with Crippen molar-refractivity contribution in [2.75, 3.05) is 38.2 Å². The number of nitrogens with zero attached hydrogens (tertiary/aromatic N) is 3. The van der Waals surface area contributed by atoms with E-state index < -0.39 is 12.3 Å². The molecule has 1 aromatic heterocycles. The van der Waals surface area contributed by atoms with E-state index in [4.69, 9.17) is 32.0 Å². The zero-order chi connectivity index (χ0) is 25.7. The van der Waals surface area contributed by atoms with E-state index in [-0.39, 0.29) is 12.4 Å². The van der Waals surface area contributed by atoms with E-state index in [0.717, 1.165) is 0 Å². The van der Waals surface area contributed by atoms with Gasteiger partial charge in [0.05, 0.1) is 16.3 Å². The molecule has 0 aliphatic carbocycles. The van der Waals surface area contributed by atoms with Crippen LogP contribution in [-0.2, 0) is 4.79 Å². The first-order chi connectivity index (χ1) is 16.6. The number of nitrogens with one attached hydrogen (secondary N) is 1. The van der Waals surface area contributed by atoms with Crippen molar-refractivity contribution in [2.45, 2.75) is 45.9 Å². The van der Waals surface area contributed by atoms with E-state index in [0.29, 0.717) is 83.0 Å². The van der Waals surface area contributed by atoms with Crippen LogP contribution in [0.1, 0.15) is 37.9 Å². The number of aromatic nitrogens is 2. The number of ether oxygens (including phenoxy) is 1. The molecule has 2 aromatic rings. The summed E-state index contributed by atoms with van der Waals surface area (Å²) < 4.78 is 19.6. The van der Waals surface area contributed by atoms with Crippen molar-refractivity contribution in [3.63, 3.8) is 0 Å². The Hall–Kier alpha value is -2.75. The summed E-state index contributed by atoms with van der Waals surface area (Å²) in [7, 11) is 1.75. The second kappa shape index (κ2) is 11.8. The van der Waals surface area contributed by atoms with Gasteiger partial charge in [-0.2, -0.15) is 0 Å². The number of alkyl halides is 1. The highest BCUT2D eigenvalue weighted by molar-refractivity contribution is 6.33. The number of carbonyl (C=O) groups is 1. The lowest BCUT2D eigenvalue weighted by Crippen LogP contribution is -2.35. The molecule has 0 saturated carbocycles. The summed E-state index contributed by atoms with van der Waals surface area (Å²) in [5.41, 5.74) is 8.36. The topological polar surface area (TPSA) is 114 Å². The van der Waals surface area contributed by atoms with Crippen molar-refractivity contribution in [3.05, 3.63) is 40.2 Å². The number of rotatable bonds is 9. The number of allylic oxidation sites excluding steroid dienone is 2. The van der Waals surface area contributed by atoms with Gasteiger partial charge in [-0.15, -0.1) is 0 Å². The molecular weight excluding hydrogens is 473 g/mol. The van der Waals surface area contributed by atoms with Crippen LogP contribution in [0.5, 0.6) is 5.75 Å². The van der Waals surface area contributed by atoms with Gasteiger partial charge in [-0.1, -0.05) is 11.6 Å². The molecule has 1 atom stereocenters. The number of ketones is 1. The zero-order valence-corrected chi connectivity index (χ0v) is 21.3. The van der Waals surface area contributed by atoms with Crippen molar-refractivity contribution in [1.29, 1.82) is 0 Å². The largest absolute Gasteiger partial charge is 0.491 e. The Bertz CT molecular complexity index is 1100. The third-order valence-electron chi connectivity index (χ3n) is 5.89. The van der Waals surface area contributed by atoms with Crippen LogP contribution in [-0.4, -0.2) is 66.4 Å². The van der Waals surface area contributed by atoms with Crippen LogP contribution in [0.15, 0.2) is 23.9 Å². The van der Waals surface area contributed by atoms with E-state index in [1.807, 2.05) is 11.8 Å². The lowest BCUT2D eigenvalue weighted by atomic mass is 10.0. The molecule has 0 spiro atoms. The third kappa shape index (κ3) is 6.48. The van der Waals surface area contributed by atoms with Gasteiger partial charge in [-0.25, -0.2) is 14.4 Å². The number of halogens is 2. The van der Waals surface area contributed by atoms with Gasteiger partial charge in [-0.3, -0.25) is 4.79 Å². The zero-order valence-electron chi connectivity index (χ0n) is 20.6. The number of anilines is 1. The maximum absolute atomic E-state index is 13.8. The van der Waals surface area contributed by atoms with Crippen molar-refractivity contribution >= 4 is 28.8 Å². The fraction of sp³-hybridized carbons (Fsp3) is 0.480. The van der Waals surface area contributed by atoms with Crippen molar-refractivity contribution in [3.8, 4) is 17.1 Å². The van der Waals surface area contributed by atoms with Gasteiger partial charge < -0.3 is 25.8 Å². The molecule has 35 heavy (non-hydrogen) atoms. The Labute approximate surface area is 210 Å². The fourth-order valence-electron chi connectivity index (χ4n) is 4.12. The molecular formula is C25H33ClFN5O3. The number of nitrogens with two attached hydrogens (primary N) is 1. The Kier molecular flexibility index (Phi) is 9.04. The van der Waals surface area contributed by atoms with Gasteiger partial charge in [0.25, 0.3) is 0 Å². The van der Waals surface area contributed by atoms with Gasteiger partial charge >= 0.3 is 0 Å². The minimum absolute atomic E-state index is 0.0922. The van der Waals surface area contributed by atoms with Crippen LogP contribution in [0, 0.1) is 6.92 Å². The number of benzene rings is 1. The molecule has 2 heterocycles. The molecule has 1 aliphatic heterocycles. The second-order valence-electron chi connectivity index (χ2n) is 8.78. The number of hydrogen-bond donors (Lipinski definition) is 3. The van der Waals surface area contributed by atoms with Crippen LogP contribution >= 0.6 is 11.6 Å². The molecule has 1 fully saturated rings. The van der Waals surface area contributed by atoms with Gasteiger partial charge in [0.2, 0.25) is 0 Å². The number of carbonyl (C=O) groups excluding carboxylic acids is 1. The van der Waals surface area contributed by atoms with E-state index in [1.165, 1.54) is 6.92 Å². The predicted molar refractivity (Wildman–Crippen MR) is 136 cm³/mol. The molecule has 0 unspecified atom stereocenters. The molecule has 1 aromatic carbocycles. The molecule has 1 saturated heterocycles. The Morgan fingerprint density at radius 3 is 2.63 bits per heavy atom. The van der Waals surface area contributed by atoms with Crippen molar-refractivity contribution < 1.29 is 19.0 Å². The lowest BCUT2D eigenvalue weighted by Gasteiger charge is -2.31. The average Bonchev–Trinajstić information content (AvgIpc) is 2.80. The summed E-state index contributed by atoms with van der Waals surface area (Å²) >= 11 is 6.54. The van der Waals surface area contributed by atoms with Gasteiger partial charge in [0.15, 0.2) is 11.6 Å². The highest BCUT2D eigenvalue weighted by atomic mass is 35.5. The highest BCUT2D eigenvalue weighted by Gasteiger charge is 2.26. The van der Waals surface area contributed by atoms with Crippen LogP contribution in [0.3, 0.4) is 0 Å². The Balaban J connectivity index is 2.12. The summed E-state index contributed by atoms with van der Waals surface area (Å²) in [5.74, 6) is 1.19. The summed E-state index contributed by atoms with van der Waals surface area (Å²) in [5, 5.41) is 13.2. The molecule has 1 aliphatic rings. The summed E-state index contributed by atoms with van der Waals surface area (Å²) in [6.45, 7) is 6.42. The van der Waals surface area contributed by atoms with Crippen molar-refractivity contribution in [2.24, 2.45) is 5.73 Å². The Morgan fingerprint density at radius 1 is 1.34 bits per heavy atom. The standard InChI is InChI=1S/C25H33ClFN5O3/c1-14-23(22(15(2)28)16(3)33)30-24(31-25(14)32-9-7-17(27)8-10-32)20-11-19(5-6-21(20)26)35-13-18(34)12-29-4/h5-6,11,17-18,29,34H,7-10,12-13,28H2,1-4H3/t18-/m1/s1. The summed E-state index contributed by atoms with van der Waals surface area (Å²) in [6, 6.07) is 5.07. The lowest BCUT2D eigenvalue weighted by molar-refractivity contribution is -0.111. The SMILES string of the molecule is CNC[C@@H](O)COc1ccc(Cl)c(-c2nc(C(C(C)=O)=C(C)N)c(C)c(N3CCC(F)CC3)n2)c1. The number of Topliss-reactive ketones (excluding diaryl/α,β-unsaturated/α-hetero) is 1. The maximum atomic E-state index is 13.8. The fourth-order valence-corrected chi connectivity index (χ4v) is 4.32. The van der Waals surface area contributed by atoms with Crippen LogP contribution in [0.2, 0.25) is 5.02 Å². The molecule has 190 valence electrons. The van der Waals surface area contributed by atoms with Crippen molar-refractivity contribution in [1.82, 2.24) is 15.3 Å². The van der Waals surface area contributed by atoms with Crippen LogP contribution in [0.25, 0.3) is 17.0 Å². The van der Waals surface area contributed by atoms with Crippen LogP contribution < -0.4 is 20.7 Å². The van der Waals surface area contributed by atoms with Gasteiger partial charge in [-0.05, 0) is 58.9 Å². The normalized spacial score (nSPS) is 16.1. The minimum atomic E-state index is -0.840. The monoisotopic (exact) mass is 505 g/mol. The third-order valence-corrected chi connectivity index (χ3v) is 6.22. The van der Waals surface area contributed by atoms with E-state index >= 15 is 0 Å². The highest BCUT2D eigenvalue weighted by Crippen LogP contribution is 2.35. The first-order valence-electron chi connectivity index (χ1n) is 11.6. The Morgan fingerprint density at radius 2 is 2.03 bits per heavy atom. The minimum Gasteiger partial charge on any atom is -0.491 e. The van der Waals surface area contributed by atoms with E-state index in [9.17, 15) is 14.3 Å². The molecule has 0 radical (unpaired) electrons. The second-order valence-corrected chi connectivity index (χ2v) is 9.19. The van der Waals surface area contributed by atoms with E-state index in [1.54, 1.807) is 32.2 Å². The molecule has 8 nitrogen and oxygen atoms in total. The molecule has 0 bridgehead atoms. The number of piperidine rings is 1. The number of hydrogen-bond acceptors (Lipinski definition) is 8. The summed E-state index contributed by atoms with van der Waals surface area (Å²) in [4.78, 5) is 24.0. The number of likely N-dealkylation sites (N-methyl/N-ethyl adjacent to an activating group) is 1. The van der Waals surface area contributed by atoms with Crippen LogP contribution in [0.4, 0.5) is 10.2 Å². The molecule has 10 heteroatoms. The molecule has 3 rings (SSSR count). The molecule has 4 N–H and O–H groups in total. The van der Waals surface area contributed by atoms with Gasteiger partial charge in [0.1, 0.15) is 30.4 Å². The quantitative estimate of drug-likeness (QED) is 0.445. The number of aliphatic hydroxyl groups is 1. The predicted octanol–water partition coefficient (Wildman–Crippen LogP) is 3.28. The smallest absolute Gasteiger partial charge is 0.163 e.